The van der Waals surface area contributed by atoms with Crippen LogP contribution in [0.4, 0.5) is 0 Å². The molecule has 0 atom stereocenters. The highest BCUT2D eigenvalue weighted by molar-refractivity contribution is 5.87. The molecule has 5 rings (SSSR count). The van der Waals surface area contributed by atoms with Crippen molar-refractivity contribution in [1.82, 2.24) is 15.0 Å². The number of pyridine rings is 1. The van der Waals surface area contributed by atoms with Crippen molar-refractivity contribution < 1.29 is 4.74 Å². The van der Waals surface area contributed by atoms with Crippen LogP contribution >= 0.6 is 0 Å². The van der Waals surface area contributed by atoms with E-state index in [2.05, 4.69) is 22.1 Å². The summed E-state index contributed by atoms with van der Waals surface area (Å²) in [5, 5.41) is 2.27. The summed E-state index contributed by atoms with van der Waals surface area (Å²) >= 11 is 0. The van der Waals surface area contributed by atoms with Gasteiger partial charge in [-0.25, -0.2) is 15.0 Å². The fourth-order valence-electron chi connectivity index (χ4n) is 2.94. The van der Waals surface area contributed by atoms with E-state index in [1.165, 1.54) is 0 Å². The lowest BCUT2D eigenvalue weighted by Gasteiger charge is -2.19. The number of para-hydroxylation sites is 2. The van der Waals surface area contributed by atoms with Gasteiger partial charge in [-0.2, -0.15) is 0 Å². The molecule has 104 valence electrons. The Morgan fingerprint density at radius 3 is 2.50 bits per heavy atom. The Balaban J connectivity index is 1.75. The van der Waals surface area contributed by atoms with Gasteiger partial charge in [0.15, 0.2) is 0 Å². The highest BCUT2D eigenvalue weighted by Gasteiger charge is 2.23. The summed E-state index contributed by atoms with van der Waals surface area (Å²) in [5.41, 5.74) is 3.67. The molecule has 0 bridgehead atoms. The van der Waals surface area contributed by atoms with Gasteiger partial charge in [-0.05, 0) is 17.5 Å². The molecule has 0 unspecified atom stereocenters. The molecule has 22 heavy (non-hydrogen) atoms. The zero-order chi connectivity index (χ0) is 14.5. The first-order valence-corrected chi connectivity index (χ1v) is 7.18. The van der Waals surface area contributed by atoms with Crippen LogP contribution in [0.1, 0.15) is 11.3 Å². The van der Waals surface area contributed by atoms with Crippen LogP contribution in [0.3, 0.4) is 0 Å². The van der Waals surface area contributed by atoms with Gasteiger partial charge in [-0.1, -0.05) is 36.4 Å². The molecule has 3 heterocycles. The van der Waals surface area contributed by atoms with Gasteiger partial charge in [0.2, 0.25) is 11.8 Å². The van der Waals surface area contributed by atoms with Crippen LogP contribution in [0.2, 0.25) is 0 Å². The Morgan fingerprint density at radius 1 is 0.818 bits per heavy atom. The molecule has 2 aromatic carbocycles. The van der Waals surface area contributed by atoms with Crippen molar-refractivity contribution in [2.75, 3.05) is 0 Å². The van der Waals surface area contributed by atoms with Crippen LogP contribution in [0.25, 0.3) is 21.8 Å². The summed E-state index contributed by atoms with van der Waals surface area (Å²) < 4.78 is 5.91. The van der Waals surface area contributed by atoms with Crippen LogP contribution in [0.5, 0.6) is 11.8 Å². The molecule has 1 aliphatic rings. The molecule has 4 heteroatoms. The van der Waals surface area contributed by atoms with E-state index in [9.17, 15) is 0 Å². The second-order valence-corrected chi connectivity index (χ2v) is 5.37. The van der Waals surface area contributed by atoms with E-state index in [-0.39, 0.29) is 0 Å². The number of hydrogen-bond donors (Lipinski definition) is 0. The lowest BCUT2D eigenvalue weighted by atomic mass is 10.0. The predicted octanol–water partition coefficient (Wildman–Crippen LogP) is 3.87. The van der Waals surface area contributed by atoms with E-state index in [1.54, 1.807) is 0 Å². The van der Waals surface area contributed by atoms with E-state index in [4.69, 9.17) is 9.72 Å². The largest absolute Gasteiger partial charge is 0.418 e. The second kappa shape index (κ2) is 4.24. The zero-order valence-electron chi connectivity index (χ0n) is 11.7. The molecule has 1 aliphatic heterocycles. The third-order valence-corrected chi connectivity index (χ3v) is 4.01. The van der Waals surface area contributed by atoms with Crippen molar-refractivity contribution in [3.8, 4) is 11.8 Å². The lowest BCUT2D eigenvalue weighted by molar-refractivity contribution is 0.422. The first kappa shape index (κ1) is 11.6. The summed E-state index contributed by atoms with van der Waals surface area (Å²) in [6.07, 6.45) is 2.53. The van der Waals surface area contributed by atoms with Gasteiger partial charge >= 0.3 is 0 Å². The highest BCUT2D eigenvalue weighted by atomic mass is 16.5. The Bertz CT molecular complexity index is 1040. The number of ether oxygens (including phenoxy) is 1. The minimum atomic E-state index is 0.564. The standard InChI is InChI=1S/C18H11N3O/c1-2-6-12-11(5-1)10-19-17-13(12)9-16-18(22-17)21-15-8-4-3-7-14(15)20-16/h1-8,10H,9H2. The van der Waals surface area contributed by atoms with Crippen LogP contribution in [0.15, 0.2) is 54.7 Å². The van der Waals surface area contributed by atoms with Crippen LogP contribution in [-0.2, 0) is 6.42 Å². The molecule has 4 nitrogen and oxygen atoms in total. The summed E-state index contributed by atoms with van der Waals surface area (Å²) in [6.45, 7) is 0. The van der Waals surface area contributed by atoms with Gasteiger partial charge in [0.25, 0.3) is 0 Å². The molecule has 0 spiro atoms. The van der Waals surface area contributed by atoms with Crippen molar-refractivity contribution in [3.05, 3.63) is 66.0 Å². The first-order valence-electron chi connectivity index (χ1n) is 7.18. The number of fused-ring (bicyclic) bond motifs is 5. The predicted molar refractivity (Wildman–Crippen MR) is 84.2 cm³/mol. The number of aromatic nitrogens is 3. The fourth-order valence-corrected chi connectivity index (χ4v) is 2.94. The van der Waals surface area contributed by atoms with Crippen LogP contribution in [0, 0.1) is 0 Å². The molecule has 0 amide bonds. The van der Waals surface area contributed by atoms with E-state index < -0.39 is 0 Å². The van der Waals surface area contributed by atoms with Crippen molar-refractivity contribution in [2.24, 2.45) is 0 Å². The number of rotatable bonds is 0. The maximum absolute atomic E-state index is 5.91. The van der Waals surface area contributed by atoms with Gasteiger partial charge in [-0.3, -0.25) is 0 Å². The smallest absolute Gasteiger partial charge is 0.243 e. The molecule has 0 fully saturated rings. The van der Waals surface area contributed by atoms with Gasteiger partial charge in [0.1, 0.15) is 5.69 Å². The number of nitrogens with zero attached hydrogens (tertiary/aromatic N) is 3. The normalized spacial score (nSPS) is 12.7. The molecular formula is C18H11N3O. The Hall–Kier alpha value is -3.01. The van der Waals surface area contributed by atoms with E-state index in [0.717, 1.165) is 33.1 Å². The third kappa shape index (κ3) is 1.61. The minimum absolute atomic E-state index is 0.564. The van der Waals surface area contributed by atoms with Gasteiger partial charge in [0, 0.05) is 23.6 Å². The summed E-state index contributed by atoms with van der Waals surface area (Å²) in [5.74, 6) is 1.20. The molecule has 4 aromatic rings. The zero-order valence-corrected chi connectivity index (χ0v) is 11.7. The summed E-state index contributed by atoms with van der Waals surface area (Å²) in [6, 6.07) is 16.0. The van der Waals surface area contributed by atoms with Crippen LogP contribution in [-0.4, -0.2) is 15.0 Å². The van der Waals surface area contributed by atoms with Crippen molar-refractivity contribution in [3.63, 3.8) is 0 Å². The molecule has 0 N–H and O–H groups in total. The topological polar surface area (TPSA) is 47.9 Å². The average molecular weight is 285 g/mol. The molecule has 2 aromatic heterocycles. The van der Waals surface area contributed by atoms with Gasteiger partial charge in [0.05, 0.1) is 11.0 Å². The Kier molecular flexibility index (Phi) is 2.24. The summed E-state index contributed by atoms with van der Waals surface area (Å²) in [7, 11) is 0. The molecule has 0 saturated heterocycles. The van der Waals surface area contributed by atoms with E-state index in [1.807, 2.05) is 42.6 Å². The maximum atomic E-state index is 5.91. The number of hydrogen-bond acceptors (Lipinski definition) is 4. The summed E-state index contributed by atoms with van der Waals surface area (Å²) in [4.78, 5) is 13.7. The average Bonchev–Trinajstić information content (AvgIpc) is 2.58. The van der Waals surface area contributed by atoms with E-state index in [0.29, 0.717) is 18.2 Å². The first-order chi connectivity index (χ1) is 10.9. The molecular weight excluding hydrogens is 274 g/mol. The van der Waals surface area contributed by atoms with Crippen molar-refractivity contribution >= 4 is 21.8 Å². The minimum Gasteiger partial charge on any atom is -0.418 e. The van der Waals surface area contributed by atoms with Crippen LogP contribution < -0.4 is 4.74 Å². The van der Waals surface area contributed by atoms with Gasteiger partial charge < -0.3 is 4.74 Å². The molecule has 0 radical (unpaired) electrons. The molecule has 0 saturated carbocycles. The van der Waals surface area contributed by atoms with Gasteiger partial charge in [-0.15, -0.1) is 0 Å². The third-order valence-electron chi connectivity index (χ3n) is 4.01. The monoisotopic (exact) mass is 285 g/mol. The Morgan fingerprint density at radius 2 is 1.59 bits per heavy atom. The molecule has 0 aliphatic carbocycles. The second-order valence-electron chi connectivity index (χ2n) is 5.37. The number of benzene rings is 2. The fraction of sp³-hybridized carbons (Fsp3) is 0.0556. The maximum Gasteiger partial charge on any atom is 0.243 e. The Labute approximate surface area is 126 Å². The quantitative estimate of drug-likeness (QED) is 0.433. The SMILES string of the molecule is c1ccc2c3c(ncc2c1)Oc1nc2ccccc2nc1C3. The van der Waals surface area contributed by atoms with E-state index >= 15 is 0 Å². The lowest BCUT2D eigenvalue weighted by Crippen LogP contribution is -2.09. The van der Waals surface area contributed by atoms with Crippen molar-refractivity contribution in [2.45, 2.75) is 6.42 Å². The van der Waals surface area contributed by atoms with Crippen molar-refractivity contribution in [1.29, 1.82) is 0 Å². The highest BCUT2D eigenvalue weighted by Crippen LogP contribution is 2.37.